The first kappa shape index (κ1) is 72.1. The third kappa shape index (κ3) is 22.1. The summed E-state index contributed by atoms with van der Waals surface area (Å²) in [4.78, 5) is 67.9. The van der Waals surface area contributed by atoms with Crippen molar-refractivity contribution in [3.05, 3.63) is 13.2 Å². The molecule has 6 rings (SSSR count). The summed E-state index contributed by atoms with van der Waals surface area (Å²) < 4.78 is 11.4. The molecule has 6 N–H and O–H groups in total. The van der Waals surface area contributed by atoms with Crippen LogP contribution in [0.1, 0.15) is 241 Å². The van der Waals surface area contributed by atoms with E-state index in [1.807, 2.05) is 0 Å². The number of nitrogens with zero attached hydrogens (tertiary/aromatic N) is 10. The molecule has 4 fully saturated rings. The Balaban J connectivity index is 0.00000668. The summed E-state index contributed by atoms with van der Waals surface area (Å²) in [7, 11) is 0. The number of esters is 2. The zero-order valence-corrected chi connectivity index (χ0v) is 57.8. The van der Waals surface area contributed by atoms with Gasteiger partial charge in [0.05, 0.1) is 0 Å². The maximum Gasteiger partial charge on any atom is 0.325 e. The number of nitrogens with one attached hydrogen (secondary N) is 6. The topological polar surface area (TPSA) is 215 Å². The van der Waals surface area contributed by atoms with Crippen molar-refractivity contribution in [1.82, 2.24) is 51.2 Å². The molecule has 2 aromatic heterocycles. The van der Waals surface area contributed by atoms with Gasteiger partial charge in [0.1, 0.15) is 26.3 Å². The fourth-order valence-corrected chi connectivity index (χ4v) is 15.1. The van der Waals surface area contributed by atoms with Gasteiger partial charge in [-0.15, -0.1) is 13.2 Å². The number of hydrogen-bond donors (Lipinski definition) is 6. The van der Waals surface area contributed by atoms with Crippen LogP contribution in [0.2, 0.25) is 0 Å². The Morgan fingerprint density at radius 1 is 0.395 bits per heavy atom. The van der Waals surface area contributed by atoms with Crippen LogP contribution in [0.5, 0.6) is 0 Å². The molecule has 4 aliphatic heterocycles. The van der Waals surface area contributed by atoms with Crippen molar-refractivity contribution in [2.45, 2.75) is 310 Å². The summed E-state index contributed by atoms with van der Waals surface area (Å²) >= 11 is 0. The van der Waals surface area contributed by atoms with Crippen molar-refractivity contribution < 1.29 is 19.1 Å². The molecule has 0 aromatic carbocycles. The molecule has 490 valence electrons. The number of aromatic nitrogens is 6. The van der Waals surface area contributed by atoms with Gasteiger partial charge < -0.3 is 61.0 Å². The van der Waals surface area contributed by atoms with Crippen molar-refractivity contribution in [2.24, 2.45) is 0 Å². The van der Waals surface area contributed by atoms with E-state index in [2.05, 4.69) is 203 Å². The van der Waals surface area contributed by atoms with E-state index >= 15 is 0 Å². The van der Waals surface area contributed by atoms with Crippen LogP contribution >= 0.6 is 0 Å². The number of anilines is 6. The molecule has 20 nitrogen and oxygen atoms in total. The Labute approximate surface area is 521 Å². The van der Waals surface area contributed by atoms with E-state index in [-0.39, 0.29) is 94.8 Å². The lowest BCUT2D eigenvalue weighted by atomic mass is 9.79. The standard InChI is InChI=1S/C64H118N16O4.C2H4/c1-21-25-29-77(45-35-57(5,6)73-58(7,8)36-45)53-67-51(68-54(71-53)78(30-26-22-2)46-37-59(9,10)74-60(11,12)38-46)65-43-49(81)83-33-34-84-50(82)44-66-52-69-55(79(31-27-23-3)47-39-61(13,14)75-62(15,16)40-47)72-56(70-52)80(32-28-24-4)48-41-63(17,18)76-64(19,20)42-48;1-2/h45-48,73-76H,21-44H2,1-20H3,(H,65,67,68,71)(H,66,69,70,72);1-2H2. The highest BCUT2D eigenvalue weighted by molar-refractivity contribution is 5.75. The van der Waals surface area contributed by atoms with Crippen LogP contribution in [0, 0.1) is 0 Å². The van der Waals surface area contributed by atoms with Gasteiger partial charge >= 0.3 is 11.9 Å². The van der Waals surface area contributed by atoms with Crippen molar-refractivity contribution >= 4 is 47.6 Å². The smallest absolute Gasteiger partial charge is 0.325 e. The summed E-state index contributed by atoms with van der Waals surface area (Å²) in [6, 6.07) is 0.716. The first-order valence-electron chi connectivity index (χ1n) is 33.1. The van der Waals surface area contributed by atoms with Crippen LogP contribution in [0.15, 0.2) is 13.2 Å². The van der Waals surface area contributed by atoms with Gasteiger partial charge in [0.2, 0.25) is 35.7 Å². The summed E-state index contributed by atoms with van der Waals surface area (Å²) in [5, 5.41) is 22.0. The van der Waals surface area contributed by atoms with Crippen molar-refractivity contribution in [2.75, 3.05) is 82.7 Å². The highest BCUT2D eigenvalue weighted by Crippen LogP contribution is 2.39. The third-order valence-electron chi connectivity index (χ3n) is 17.1. The first-order valence-corrected chi connectivity index (χ1v) is 33.1. The van der Waals surface area contributed by atoms with E-state index in [0.29, 0.717) is 35.7 Å². The molecule has 0 radical (unpaired) electrons. The Morgan fingerprint density at radius 2 is 0.593 bits per heavy atom. The predicted octanol–water partition coefficient (Wildman–Crippen LogP) is 11.1. The van der Waals surface area contributed by atoms with E-state index < -0.39 is 11.9 Å². The largest absolute Gasteiger partial charge is 0.461 e. The minimum Gasteiger partial charge on any atom is -0.461 e. The van der Waals surface area contributed by atoms with Crippen LogP contribution in [0.3, 0.4) is 0 Å². The number of carbonyl (C=O) groups is 2. The van der Waals surface area contributed by atoms with Gasteiger partial charge in [0.15, 0.2) is 0 Å². The molecule has 0 atom stereocenters. The van der Waals surface area contributed by atoms with Gasteiger partial charge in [-0.1, -0.05) is 53.4 Å². The van der Waals surface area contributed by atoms with Crippen molar-refractivity contribution in [1.29, 1.82) is 0 Å². The van der Waals surface area contributed by atoms with Crippen LogP contribution < -0.4 is 51.5 Å². The average molecular weight is 1200 g/mol. The van der Waals surface area contributed by atoms with Gasteiger partial charge in [0, 0.05) is 94.7 Å². The van der Waals surface area contributed by atoms with Crippen LogP contribution in [0.4, 0.5) is 35.7 Å². The SMILES string of the molecule is C=C.CCCCN(c1nc(NCC(=O)OCCOC(=O)CNc2nc(N(CCCC)C3CC(C)(C)NC(C)(C)C3)nc(N(CCCC)C3CC(C)(C)NC(C)(C)C3)n2)nc(N(CCCC)C2CC(C)(C)NC(C)(C)C2)n1)C1CC(C)(C)NC(C)(C)C1. The molecule has 4 saturated heterocycles. The molecule has 0 unspecified atom stereocenters. The van der Waals surface area contributed by atoms with Gasteiger partial charge in [-0.2, -0.15) is 29.9 Å². The maximum atomic E-state index is 13.6. The average Bonchev–Trinajstić information content (AvgIpc) is 0.861. The Morgan fingerprint density at radius 3 is 0.779 bits per heavy atom. The molecule has 2 aromatic rings. The summed E-state index contributed by atoms with van der Waals surface area (Å²) in [5.74, 6) is 2.09. The number of piperidine rings is 4. The molecule has 0 aliphatic carbocycles. The highest BCUT2D eigenvalue weighted by atomic mass is 16.6. The number of rotatable bonds is 29. The molecule has 20 heteroatoms. The lowest BCUT2D eigenvalue weighted by Gasteiger charge is -2.50. The fraction of sp³-hybridized carbons (Fsp3) is 0.848. The molecule has 0 bridgehead atoms. The Bertz CT molecular complexity index is 2100. The number of unbranched alkanes of at least 4 members (excludes halogenated alkanes) is 4. The van der Waals surface area contributed by atoms with Gasteiger partial charge in [0.25, 0.3) is 0 Å². The maximum absolute atomic E-state index is 13.6. The van der Waals surface area contributed by atoms with E-state index in [1.54, 1.807) is 0 Å². The Kier molecular flexibility index (Phi) is 25.3. The van der Waals surface area contributed by atoms with Crippen molar-refractivity contribution in [3.8, 4) is 0 Å². The van der Waals surface area contributed by atoms with E-state index in [9.17, 15) is 9.59 Å². The molecular formula is C66H122N16O4. The second-order valence-electron chi connectivity index (χ2n) is 30.7. The quantitative estimate of drug-likeness (QED) is 0.0254. The molecule has 0 amide bonds. The molecule has 0 saturated carbocycles. The van der Waals surface area contributed by atoms with Crippen LogP contribution in [-0.2, 0) is 19.1 Å². The van der Waals surface area contributed by atoms with Gasteiger partial charge in [-0.05, 0) is 188 Å². The number of ether oxygens (including phenoxy) is 2. The second kappa shape index (κ2) is 30.2. The highest BCUT2D eigenvalue weighted by Gasteiger charge is 2.45. The number of carbonyl (C=O) groups excluding carboxylic acids is 2. The van der Waals surface area contributed by atoms with E-state index in [4.69, 9.17) is 39.4 Å². The zero-order valence-electron chi connectivity index (χ0n) is 57.8. The number of hydrogen-bond acceptors (Lipinski definition) is 20. The molecular weight excluding hydrogens is 1080 g/mol. The fourth-order valence-electron chi connectivity index (χ4n) is 15.1. The minimum absolute atomic E-state index is 0.0964. The minimum atomic E-state index is -0.520. The predicted molar refractivity (Wildman–Crippen MR) is 356 cm³/mol. The molecule has 0 spiro atoms. The summed E-state index contributed by atoms with van der Waals surface area (Å²) in [5.41, 5.74) is -0.771. The monoisotopic (exact) mass is 1200 g/mol. The first-order chi connectivity index (χ1) is 40.1. The zero-order chi connectivity index (χ0) is 64.1. The summed E-state index contributed by atoms with van der Waals surface area (Å²) in [6.07, 6.45) is 15.5. The van der Waals surface area contributed by atoms with Gasteiger partial charge in [-0.3, -0.25) is 9.59 Å². The lowest BCUT2D eigenvalue weighted by Crippen LogP contribution is -2.63. The third-order valence-corrected chi connectivity index (χ3v) is 17.1. The van der Waals surface area contributed by atoms with Gasteiger partial charge in [-0.25, -0.2) is 0 Å². The van der Waals surface area contributed by atoms with E-state index in [0.717, 1.165) is 129 Å². The second-order valence-corrected chi connectivity index (χ2v) is 30.7. The van der Waals surface area contributed by atoms with Crippen LogP contribution in [0.25, 0.3) is 0 Å². The molecule has 4 aliphatic rings. The van der Waals surface area contributed by atoms with Crippen LogP contribution in [-0.4, -0.2) is 163 Å². The normalized spacial score (nSPS) is 21.3. The Hall–Kier alpha value is -4.66. The summed E-state index contributed by atoms with van der Waals surface area (Å²) in [6.45, 7) is 53.9. The van der Waals surface area contributed by atoms with Crippen molar-refractivity contribution in [3.63, 3.8) is 0 Å². The molecule has 6 heterocycles. The molecule has 86 heavy (non-hydrogen) atoms. The van der Waals surface area contributed by atoms with E-state index in [1.165, 1.54) is 0 Å². The lowest BCUT2D eigenvalue weighted by molar-refractivity contribution is -0.150.